The van der Waals surface area contributed by atoms with Crippen molar-refractivity contribution < 1.29 is 28.6 Å². The second kappa shape index (κ2) is 8.12. The summed E-state index contributed by atoms with van der Waals surface area (Å²) in [6, 6.07) is 3.54. The van der Waals surface area contributed by atoms with Gasteiger partial charge in [0.1, 0.15) is 11.5 Å². The number of methoxy groups -OCH3 is 1. The fraction of sp³-hybridized carbons (Fsp3) is 0.500. The van der Waals surface area contributed by atoms with Gasteiger partial charge in [0.05, 0.1) is 11.6 Å². The molecule has 0 fully saturated rings. The molecule has 7 heteroatoms. The summed E-state index contributed by atoms with van der Waals surface area (Å²) < 4.78 is 17.7. The first-order valence-electron chi connectivity index (χ1n) is 11.1. The van der Waals surface area contributed by atoms with Crippen LogP contribution in [0.5, 0.6) is 11.5 Å². The van der Waals surface area contributed by atoms with Crippen LogP contribution in [0.15, 0.2) is 39.3 Å². The third kappa shape index (κ3) is 4.39. The van der Waals surface area contributed by atoms with E-state index in [9.17, 15) is 14.4 Å². The van der Waals surface area contributed by atoms with E-state index in [0.717, 1.165) is 5.56 Å². The van der Waals surface area contributed by atoms with E-state index in [4.69, 9.17) is 14.2 Å². The lowest BCUT2D eigenvalue weighted by Gasteiger charge is -2.42. The monoisotopic (exact) mass is 516 g/mol. The topological polar surface area (TPSA) is 78.9 Å². The number of ether oxygens (including phenoxy) is 3. The Morgan fingerprint density at radius 1 is 0.970 bits per heavy atom. The molecule has 0 unspecified atom stereocenters. The Hall–Kier alpha value is -2.41. The number of rotatable bonds is 3. The number of ketones is 2. The number of carbonyl (C=O) groups excluding carboxylic acids is 3. The van der Waals surface area contributed by atoms with E-state index >= 15 is 0 Å². The number of halogens is 1. The van der Waals surface area contributed by atoms with Crippen LogP contribution in [0.4, 0.5) is 0 Å². The maximum Gasteiger partial charge on any atom is 0.308 e. The number of Topliss-reactive ketones (excluding diaryl/α,β-unsaturated/α-hetero) is 2. The van der Waals surface area contributed by atoms with Gasteiger partial charge in [0.15, 0.2) is 23.1 Å². The molecule has 0 aromatic heterocycles. The van der Waals surface area contributed by atoms with Crippen LogP contribution in [0.25, 0.3) is 0 Å². The Morgan fingerprint density at radius 3 is 1.94 bits per heavy atom. The third-order valence-electron chi connectivity index (χ3n) is 6.41. The summed E-state index contributed by atoms with van der Waals surface area (Å²) in [6.07, 6.45) is 2.02. The molecule has 0 saturated heterocycles. The first-order chi connectivity index (χ1) is 15.3. The van der Waals surface area contributed by atoms with Crippen LogP contribution >= 0.6 is 15.9 Å². The Bertz CT molecular complexity index is 1090. The molecule has 6 nitrogen and oxygen atoms in total. The predicted octanol–water partition coefficient (Wildman–Crippen LogP) is 5.78. The molecule has 0 N–H and O–H groups in total. The maximum absolute atomic E-state index is 13.4. The van der Waals surface area contributed by atoms with Crippen molar-refractivity contribution in [1.82, 2.24) is 0 Å². The minimum Gasteiger partial charge on any atom is -0.493 e. The van der Waals surface area contributed by atoms with Gasteiger partial charge in [-0.2, -0.15) is 0 Å². The highest BCUT2D eigenvalue weighted by Gasteiger charge is 2.48. The molecule has 0 atom stereocenters. The lowest BCUT2D eigenvalue weighted by atomic mass is 9.65. The molecule has 33 heavy (non-hydrogen) atoms. The Balaban J connectivity index is 1.94. The molecule has 2 aliphatic carbocycles. The zero-order valence-electron chi connectivity index (χ0n) is 19.9. The van der Waals surface area contributed by atoms with E-state index in [2.05, 4.69) is 43.6 Å². The fourth-order valence-electron chi connectivity index (χ4n) is 5.16. The highest BCUT2D eigenvalue weighted by Crippen LogP contribution is 2.54. The van der Waals surface area contributed by atoms with E-state index < -0.39 is 11.9 Å². The smallest absolute Gasteiger partial charge is 0.308 e. The highest BCUT2D eigenvalue weighted by molar-refractivity contribution is 9.10. The lowest BCUT2D eigenvalue weighted by molar-refractivity contribution is -0.132. The molecule has 0 spiro atoms. The fourth-order valence-corrected chi connectivity index (χ4v) is 5.70. The highest BCUT2D eigenvalue weighted by atomic mass is 79.9. The zero-order chi connectivity index (χ0) is 24.3. The van der Waals surface area contributed by atoms with Gasteiger partial charge >= 0.3 is 5.97 Å². The van der Waals surface area contributed by atoms with Gasteiger partial charge in [-0.05, 0) is 44.5 Å². The van der Waals surface area contributed by atoms with Crippen molar-refractivity contribution >= 4 is 33.5 Å². The van der Waals surface area contributed by atoms with Gasteiger partial charge in [-0.1, -0.05) is 27.7 Å². The summed E-state index contributed by atoms with van der Waals surface area (Å²) in [5.41, 5.74) is 1.39. The van der Waals surface area contributed by atoms with E-state index in [-0.39, 0.29) is 28.1 Å². The van der Waals surface area contributed by atoms with Crippen molar-refractivity contribution in [2.45, 2.75) is 66.2 Å². The van der Waals surface area contributed by atoms with Gasteiger partial charge in [0, 0.05) is 49.7 Å². The molecule has 0 bridgehead atoms. The van der Waals surface area contributed by atoms with Gasteiger partial charge < -0.3 is 14.2 Å². The largest absolute Gasteiger partial charge is 0.493 e. The molecule has 0 saturated carbocycles. The molecule has 0 amide bonds. The summed E-state index contributed by atoms with van der Waals surface area (Å²) in [5.74, 6) is 0.886. The van der Waals surface area contributed by atoms with E-state index in [1.807, 2.05) is 0 Å². The van der Waals surface area contributed by atoms with Crippen molar-refractivity contribution in [3.8, 4) is 11.5 Å². The van der Waals surface area contributed by atoms with Gasteiger partial charge in [0.25, 0.3) is 0 Å². The second-order valence-electron chi connectivity index (χ2n) is 10.7. The zero-order valence-corrected chi connectivity index (χ0v) is 21.5. The van der Waals surface area contributed by atoms with Gasteiger partial charge in [-0.15, -0.1) is 0 Å². The van der Waals surface area contributed by atoms with Crippen molar-refractivity contribution in [2.75, 3.05) is 7.11 Å². The Kier molecular flexibility index (Phi) is 5.84. The number of benzene rings is 1. The summed E-state index contributed by atoms with van der Waals surface area (Å²) in [4.78, 5) is 38.4. The van der Waals surface area contributed by atoms with Crippen LogP contribution in [0, 0.1) is 10.8 Å². The minimum atomic E-state index is -0.549. The van der Waals surface area contributed by atoms with Crippen LogP contribution in [-0.2, 0) is 19.1 Å². The second-order valence-corrected chi connectivity index (χ2v) is 11.6. The molecule has 0 radical (unpaired) electrons. The van der Waals surface area contributed by atoms with Gasteiger partial charge in [-0.25, -0.2) is 0 Å². The van der Waals surface area contributed by atoms with E-state index in [1.165, 1.54) is 14.0 Å². The molecule has 176 valence electrons. The maximum atomic E-state index is 13.4. The number of carbonyl (C=O) groups is 3. The normalized spacial score (nSPS) is 21.9. The average molecular weight is 517 g/mol. The van der Waals surface area contributed by atoms with E-state index in [1.54, 1.807) is 12.1 Å². The van der Waals surface area contributed by atoms with Crippen LogP contribution in [0.2, 0.25) is 0 Å². The lowest BCUT2D eigenvalue weighted by Crippen LogP contribution is -2.37. The van der Waals surface area contributed by atoms with Crippen molar-refractivity contribution in [1.29, 1.82) is 0 Å². The Morgan fingerprint density at radius 2 is 1.48 bits per heavy atom. The average Bonchev–Trinajstić information content (AvgIpc) is 2.65. The number of esters is 1. The molecular weight excluding hydrogens is 488 g/mol. The summed E-state index contributed by atoms with van der Waals surface area (Å²) in [5, 5.41) is 0. The quantitative estimate of drug-likeness (QED) is 0.374. The van der Waals surface area contributed by atoms with E-state index in [0.29, 0.717) is 58.6 Å². The molecular formula is C26H29BrO6. The molecule has 4 rings (SSSR count). The predicted molar refractivity (Wildman–Crippen MR) is 126 cm³/mol. The molecule has 3 aliphatic rings. The molecule has 1 heterocycles. The van der Waals surface area contributed by atoms with Crippen LogP contribution in [-0.4, -0.2) is 24.6 Å². The Labute approximate surface area is 202 Å². The van der Waals surface area contributed by atoms with Gasteiger partial charge in [0.2, 0.25) is 0 Å². The third-order valence-corrected chi connectivity index (χ3v) is 7.00. The summed E-state index contributed by atoms with van der Waals surface area (Å²) in [7, 11) is 1.49. The number of hydrogen-bond acceptors (Lipinski definition) is 6. The SMILES string of the molecule is COc1cc(C2C3=C(CC(C)(C)CC3=O)OC3=C2C(=O)CC(C)(C)C3)cc(Br)c1OC(C)=O. The molecule has 1 aromatic rings. The van der Waals surface area contributed by atoms with Crippen LogP contribution in [0.1, 0.15) is 71.8 Å². The van der Waals surface area contributed by atoms with Crippen LogP contribution < -0.4 is 9.47 Å². The van der Waals surface area contributed by atoms with Gasteiger partial charge in [-0.3, -0.25) is 14.4 Å². The van der Waals surface area contributed by atoms with Crippen molar-refractivity contribution in [2.24, 2.45) is 10.8 Å². The summed E-state index contributed by atoms with van der Waals surface area (Å²) >= 11 is 3.49. The number of allylic oxidation sites excluding steroid dienone is 4. The standard InChI is InChI=1S/C26H29BrO6/c1-13(28)32-24-15(27)7-14(8-18(24)31-6)21-22-16(29)9-25(2,3)11-19(22)33-20-12-26(4,5)10-17(30)23(20)21/h7-8,21H,9-12H2,1-6H3. The summed E-state index contributed by atoms with van der Waals surface area (Å²) in [6.45, 7) is 9.54. The molecule has 1 aliphatic heterocycles. The first-order valence-corrected chi connectivity index (χ1v) is 11.9. The first kappa shape index (κ1) is 23.7. The number of hydrogen-bond donors (Lipinski definition) is 0. The minimum absolute atomic E-state index is 0.00501. The van der Waals surface area contributed by atoms with Crippen LogP contribution in [0.3, 0.4) is 0 Å². The molecule has 1 aromatic carbocycles. The van der Waals surface area contributed by atoms with Crippen molar-refractivity contribution in [3.63, 3.8) is 0 Å². The van der Waals surface area contributed by atoms with Crippen molar-refractivity contribution in [3.05, 3.63) is 44.8 Å².